The zero-order valence-electron chi connectivity index (χ0n) is 10.0. The number of rotatable bonds is 4. The molecular weight excluding hydrogens is 232 g/mol. The molecule has 1 heterocycles. The summed E-state index contributed by atoms with van der Waals surface area (Å²) in [4.78, 5) is 25.5. The van der Waals surface area contributed by atoms with Gasteiger partial charge in [0.25, 0.3) is 0 Å². The van der Waals surface area contributed by atoms with Crippen LogP contribution in [0.2, 0.25) is 0 Å². The minimum Gasteiger partial charge on any atom is -0.480 e. The van der Waals surface area contributed by atoms with E-state index >= 15 is 0 Å². The van der Waals surface area contributed by atoms with E-state index < -0.39 is 12.0 Å². The molecule has 0 saturated heterocycles. The quantitative estimate of drug-likeness (QED) is 0.770. The number of aromatic nitrogens is 1. The van der Waals surface area contributed by atoms with Crippen molar-refractivity contribution in [2.45, 2.75) is 25.8 Å². The van der Waals surface area contributed by atoms with Crippen LogP contribution < -0.4 is 5.32 Å². The molecule has 0 bridgehead atoms. The van der Waals surface area contributed by atoms with Gasteiger partial charge in [-0.25, -0.2) is 4.79 Å². The molecule has 5 nitrogen and oxygen atoms in total. The summed E-state index contributed by atoms with van der Waals surface area (Å²) < 4.78 is 0. The van der Waals surface area contributed by atoms with Crippen LogP contribution in [0.5, 0.6) is 0 Å². The summed E-state index contributed by atoms with van der Waals surface area (Å²) >= 11 is 0. The molecule has 0 aliphatic rings. The van der Waals surface area contributed by atoms with Crippen LogP contribution in [-0.4, -0.2) is 28.0 Å². The van der Waals surface area contributed by atoms with Gasteiger partial charge in [-0.15, -0.1) is 0 Å². The van der Waals surface area contributed by atoms with Crippen molar-refractivity contribution in [1.82, 2.24) is 10.3 Å². The minimum atomic E-state index is -1.05. The first-order valence-electron chi connectivity index (χ1n) is 5.48. The lowest BCUT2D eigenvalue weighted by molar-refractivity contribution is -0.141. The SMILES string of the molecule is CC(=O)NC(CCC#Cc1cccnc1)C(=O)O. The molecule has 0 saturated carbocycles. The number of nitrogens with zero attached hydrogens (tertiary/aromatic N) is 1. The van der Waals surface area contributed by atoms with Gasteiger partial charge in [-0.1, -0.05) is 11.8 Å². The number of hydrogen-bond donors (Lipinski definition) is 2. The van der Waals surface area contributed by atoms with Crippen molar-refractivity contribution in [2.75, 3.05) is 0 Å². The number of nitrogens with one attached hydrogen (secondary N) is 1. The van der Waals surface area contributed by atoms with Gasteiger partial charge in [0.05, 0.1) is 0 Å². The van der Waals surface area contributed by atoms with Gasteiger partial charge in [0.1, 0.15) is 6.04 Å². The van der Waals surface area contributed by atoms with E-state index in [1.807, 2.05) is 6.07 Å². The summed E-state index contributed by atoms with van der Waals surface area (Å²) in [5.41, 5.74) is 0.781. The first kappa shape index (κ1) is 13.7. The fourth-order valence-corrected chi connectivity index (χ4v) is 1.32. The second-order valence-corrected chi connectivity index (χ2v) is 3.67. The molecule has 1 rings (SSSR count). The summed E-state index contributed by atoms with van der Waals surface area (Å²) in [6.45, 7) is 1.29. The van der Waals surface area contributed by atoms with Gasteiger partial charge < -0.3 is 10.4 Å². The zero-order chi connectivity index (χ0) is 13.4. The smallest absolute Gasteiger partial charge is 0.326 e. The van der Waals surface area contributed by atoms with Crippen LogP contribution in [0.3, 0.4) is 0 Å². The van der Waals surface area contributed by atoms with Gasteiger partial charge in [0.2, 0.25) is 5.91 Å². The highest BCUT2D eigenvalue weighted by atomic mass is 16.4. The Morgan fingerprint density at radius 1 is 1.56 bits per heavy atom. The number of carboxylic acid groups (broad SMARTS) is 1. The number of aliphatic carboxylic acids is 1. The second-order valence-electron chi connectivity index (χ2n) is 3.67. The van der Waals surface area contributed by atoms with Gasteiger partial charge in [-0.2, -0.15) is 0 Å². The van der Waals surface area contributed by atoms with Crippen LogP contribution in [-0.2, 0) is 9.59 Å². The van der Waals surface area contributed by atoms with E-state index in [0.29, 0.717) is 6.42 Å². The summed E-state index contributed by atoms with van der Waals surface area (Å²) in [6.07, 6.45) is 3.96. The van der Waals surface area contributed by atoms with Gasteiger partial charge >= 0.3 is 5.97 Å². The lowest BCUT2D eigenvalue weighted by Crippen LogP contribution is -2.39. The van der Waals surface area contributed by atoms with Crippen LogP contribution in [0.1, 0.15) is 25.3 Å². The van der Waals surface area contributed by atoms with E-state index in [1.165, 1.54) is 6.92 Å². The standard InChI is InChI=1S/C13H14N2O3/c1-10(16)15-12(13(17)18)7-3-2-5-11-6-4-8-14-9-11/h4,6,8-9,12H,3,7H2,1H3,(H,15,16)(H,17,18). The lowest BCUT2D eigenvalue weighted by atomic mass is 10.1. The molecular formula is C13H14N2O3. The highest BCUT2D eigenvalue weighted by Gasteiger charge is 2.16. The molecule has 18 heavy (non-hydrogen) atoms. The Morgan fingerprint density at radius 2 is 2.33 bits per heavy atom. The number of pyridine rings is 1. The molecule has 5 heteroatoms. The molecule has 1 atom stereocenters. The van der Waals surface area contributed by atoms with Crippen LogP contribution >= 0.6 is 0 Å². The van der Waals surface area contributed by atoms with Crippen molar-refractivity contribution in [2.24, 2.45) is 0 Å². The van der Waals surface area contributed by atoms with Crippen molar-refractivity contribution in [3.05, 3.63) is 30.1 Å². The van der Waals surface area contributed by atoms with Gasteiger partial charge in [0.15, 0.2) is 0 Å². The van der Waals surface area contributed by atoms with Crippen LogP contribution in [0.4, 0.5) is 0 Å². The number of carboxylic acids is 1. The Labute approximate surface area is 105 Å². The Bertz CT molecular complexity index is 474. The largest absolute Gasteiger partial charge is 0.480 e. The van der Waals surface area contributed by atoms with Crippen LogP contribution in [0, 0.1) is 11.8 Å². The first-order chi connectivity index (χ1) is 8.59. The number of carbonyl (C=O) groups excluding carboxylic acids is 1. The molecule has 0 aliphatic heterocycles. The van der Waals surface area contributed by atoms with E-state index in [-0.39, 0.29) is 12.3 Å². The van der Waals surface area contributed by atoms with E-state index in [0.717, 1.165) is 5.56 Å². The maximum absolute atomic E-state index is 10.8. The second kappa shape index (κ2) is 7.07. The fraction of sp³-hybridized carbons (Fsp3) is 0.308. The molecule has 0 radical (unpaired) electrons. The number of amides is 1. The van der Waals surface area contributed by atoms with E-state index in [9.17, 15) is 9.59 Å². The van der Waals surface area contributed by atoms with E-state index in [2.05, 4.69) is 22.1 Å². The van der Waals surface area contributed by atoms with Gasteiger partial charge in [-0.05, 0) is 18.6 Å². The molecule has 1 amide bonds. The van der Waals surface area contributed by atoms with Gasteiger partial charge in [0, 0.05) is 31.3 Å². The fourth-order valence-electron chi connectivity index (χ4n) is 1.32. The Kier molecular flexibility index (Phi) is 5.39. The lowest BCUT2D eigenvalue weighted by Gasteiger charge is -2.10. The van der Waals surface area contributed by atoms with Crippen LogP contribution in [0.25, 0.3) is 0 Å². The highest BCUT2D eigenvalue weighted by Crippen LogP contribution is 1.98. The summed E-state index contributed by atoms with van der Waals surface area (Å²) in [5.74, 6) is 4.32. The topological polar surface area (TPSA) is 79.3 Å². The summed E-state index contributed by atoms with van der Waals surface area (Å²) in [5, 5.41) is 11.2. The minimum absolute atomic E-state index is 0.280. The highest BCUT2D eigenvalue weighted by molar-refractivity contribution is 5.82. The average molecular weight is 246 g/mol. The maximum atomic E-state index is 10.8. The predicted molar refractivity (Wildman–Crippen MR) is 65.6 cm³/mol. The third-order valence-electron chi connectivity index (χ3n) is 2.13. The third kappa shape index (κ3) is 5.12. The Balaban J connectivity index is 2.47. The third-order valence-corrected chi connectivity index (χ3v) is 2.13. The monoisotopic (exact) mass is 246 g/mol. The molecule has 1 unspecified atom stereocenters. The Hall–Kier alpha value is -2.35. The normalized spacial score (nSPS) is 10.9. The predicted octanol–water partition coefficient (Wildman–Crippen LogP) is 0.803. The van der Waals surface area contributed by atoms with E-state index in [4.69, 9.17) is 5.11 Å². The number of carbonyl (C=O) groups is 2. The van der Waals surface area contributed by atoms with Crippen molar-refractivity contribution < 1.29 is 14.7 Å². The zero-order valence-corrected chi connectivity index (χ0v) is 10.0. The molecule has 1 aromatic rings. The van der Waals surface area contributed by atoms with Gasteiger partial charge in [-0.3, -0.25) is 9.78 Å². The molecule has 0 spiro atoms. The molecule has 1 aromatic heterocycles. The number of hydrogen-bond acceptors (Lipinski definition) is 3. The average Bonchev–Trinajstić information content (AvgIpc) is 2.33. The molecule has 0 aliphatic carbocycles. The Morgan fingerprint density at radius 3 is 2.89 bits per heavy atom. The van der Waals surface area contributed by atoms with Crippen LogP contribution in [0.15, 0.2) is 24.5 Å². The van der Waals surface area contributed by atoms with E-state index in [1.54, 1.807) is 18.5 Å². The van der Waals surface area contributed by atoms with Crippen molar-refractivity contribution in [1.29, 1.82) is 0 Å². The molecule has 0 fully saturated rings. The van der Waals surface area contributed by atoms with Crippen molar-refractivity contribution >= 4 is 11.9 Å². The maximum Gasteiger partial charge on any atom is 0.326 e. The molecule has 0 aromatic carbocycles. The van der Waals surface area contributed by atoms with Crippen molar-refractivity contribution in [3.63, 3.8) is 0 Å². The summed E-state index contributed by atoms with van der Waals surface area (Å²) in [7, 11) is 0. The molecule has 94 valence electrons. The first-order valence-corrected chi connectivity index (χ1v) is 5.48. The summed E-state index contributed by atoms with van der Waals surface area (Å²) in [6, 6.07) is 2.72. The molecule has 2 N–H and O–H groups in total. The van der Waals surface area contributed by atoms with Crippen molar-refractivity contribution in [3.8, 4) is 11.8 Å².